The van der Waals surface area contributed by atoms with Gasteiger partial charge in [-0.1, -0.05) is 6.92 Å². The Hall–Kier alpha value is -1.06. The highest BCUT2D eigenvalue weighted by atomic mass is 16.4. The molecule has 2 heterocycles. The maximum atomic E-state index is 11.6. The SMILES string of the molecule is CCC(=O)C1C[C@H]2CC[C@@H](C1)N2C(=O)O. The van der Waals surface area contributed by atoms with Gasteiger partial charge >= 0.3 is 6.09 Å². The topological polar surface area (TPSA) is 57.6 Å². The molecule has 2 aliphatic heterocycles. The number of carboxylic acid groups (broad SMARTS) is 1. The van der Waals surface area contributed by atoms with Crippen molar-refractivity contribution in [3.8, 4) is 0 Å². The van der Waals surface area contributed by atoms with Gasteiger partial charge in [0.1, 0.15) is 5.78 Å². The first-order chi connectivity index (χ1) is 7.13. The van der Waals surface area contributed by atoms with Gasteiger partial charge in [0.25, 0.3) is 0 Å². The predicted molar refractivity (Wildman–Crippen MR) is 54.7 cm³/mol. The number of amides is 1. The number of hydrogen-bond acceptors (Lipinski definition) is 2. The largest absolute Gasteiger partial charge is 0.465 e. The fourth-order valence-corrected chi connectivity index (χ4v) is 3.04. The molecule has 3 atom stereocenters. The Morgan fingerprint density at radius 2 is 1.80 bits per heavy atom. The van der Waals surface area contributed by atoms with E-state index in [1.54, 1.807) is 4.90 Å². The number of fused-ring (bicyclic) bond motifs is 2. The van der Waals surface area contributed by atoms with Crippen LogP contribution in [0.15, 0.2) is 0 Å². The van der Waals surface area contributed by atoms with Crippen molar-refractivity contribution in [2.75, 3.05) is 0 Å². The van der Waals surface area contributed by atoms with E-state index in [-0.39, 0.29) is 18.0 Å². The molecule has 1 amide bonds. The van der Waals surface area contributed by atoms with Crippen LogP contribution in [0.3, 0.4) is 0 Å². The third kappa shape index (κ3) is 1.73. The lowest BCUT2D eigenvalue weighted by Gasteiger charge is -2.36. The molecule has 15 heavy (non-hydrogen) atoms. The van der Waals surface area contributed by atoms with Gasteiger partial charge in [-0.15, -0.1) is 0 Å². The molecule has 2 bridgehead atoms. The van der Waals surface area contributed by atoms with Gasteiger partial charge in [0, 0.05) is 24.4 Å². The molecule has 4 heteroatoms. The summed E-state index contributed by atoms with van der Waals surface area (Å²) in [6.07, 6.45) is 3.13. The molecule has 84 valence electrons. The van der Waals surface area contributed by atoms with E-state index < -0.39 is 6.09 Å². The Bertz CT molecular complexity index is 276. The Morgan fingerprint density at radius 1 is 1.27 bits per heavy atom. The number of ketones is 1. The lowest BCUT2D eigenvalue weighted by atomic mass is 9.87. The van der Waals surface area contributed by atoms with Crippen molar-refractivity contribution >= 4 is 11.9 Å². The molecule has 1 N–H and O–H groups in total. The molecule has 0 aromatic rings. The van der Waals surface area contributed by atoms with Gasteiger partial charge in [0.2, 0.25) is 0 Å². The highest BCUT2D eigenvalue weighted by molar-refractivity contribution is 5.81. The molecule has 0 radical (unpaired) electrons. The number of rotatable bonds is 2. The Labute approximate surface area is 89.3 Å². The van der Waals surface area contributed by atoms with Crippen molar-refractivity contribution in [1.82, 2.24) is 4.90 Å². The zero-order valence-corrected chi connectivity index (χ0v) is 8.98. The number of Topliss-reactive ketones (excluding diaryl/α,β-unsaturated/α-hetero) is 1. The first-order valence-electron chi connectivity index (χ1n) is 5.67. The van der Waals surface area contributed by atoms with E-state index in [9.17, 15) is 9.59 Å². The Balaban J connectivity index is 2.08. The van der Waals surface area contributed by atoms with Crippen molar-refractivity contribution < 1.29 is 14.7 Å². The predicted octanol–water partition coefficient (Wildman–Crippen LogP) is 1.89. The lowest BCUT2D eigenvalue weighted by Crippen LogP contribution is -2.47. The summed E-state index contributed by atoms with van der Waals surface area (Å²) in [6.45, 7) is 1.88. The minimum Gasteiger partial charge on any atom is -0.465 e. The maximum Gasteiger partial charge on any atom is 0.407 e. The molecule has 0 aromatic heterocycles. The summed E-state index contributed by atoms with van der Waals surface area (Å²) in [5.41, 5.74) is 0. The minimum atomic E-state index is -0.815. The number of nitrogens with zero attached hydrogens (tertiary/aromatic N) is 1. The molecule has 2 saturated heterocycles. The second-order valence-electron chi connectivity index (χ2n) is 4.56. The van der Waals surface area contributed by atoms with Crippen LogP contribution in [0.1, 0.15) is 39.0 Å². The van der Waals surface area contributed by atoms with E-state index in [0.717, 1.165) is 25.7 Å². The van der Waals surface area contributed by atoms with E-state index >= 15 is 0 Å². The third-order valence-corrected chi connectivity index (χ3v) is 3.76. The Kier molecular flexibility index (Phi) is 2.67. The van der Waals surface area contributed by atoms with Crippen LogP contribution in [0.5, 0.6) is 0 Å². The zero-order valence-electron chi connectivity index (χ0n) is 8.98. The maximum absolute atomic E-state index is 11.6. The summed E-state index contributed by atoms with van der Waals surface area (Å²) >= 11 is 0. The Morgan fingerprint density at radius 3 is 2.20 bits per heavy atom. The lowest BCUT2D eigenvalue weighted by molar-refractivity contribution is -0.124. The van der Waals surface area contributed by atoms with Gasteiger partial charge < -0.3 is 10.0 Å². The number of carbonyl (C=O) groups is 2. The van der Waals surface area contributed by atoms with E-state index in [2.05, 4.69) is 0 Å². The molecule has 2 aliphatic rings. The summed E-state index contributed by atoms with van der Waals surface area (Å²) in [6, 6.07) is 0.198. The second kappa shape index (κ2) is 3.83. The quantitative estimate of drug-likeness (QED) is 0.758. The highest BCUT2D eigenvalue weighted by Crippen LogP contribution is 2.39. The number of hydrogen-bond donors (Lipinski definition) is 1. The van der Waals surface area contributed by atoms with Gasteiger partial charge in [-0.2, -0.15) is 0 Å². The van der Waals surface area contributed by atoms with Crippen LogP contribution in [0.2, 0.25) is 0 Å². The van der Waals surface area contributed by atoms with Crippen molar-refractivity contribution in [2.45, 2.75) is 51.1 Å². The average Bonchev–Trinajstić information content (AvgIpc) is 2.49. The second-order valence-corrected chi connectivity index (χ2v) is 4.56. The summed E-state index contributed by atoms with van der Waals surface area (Å²) < 4.78 is 0. The summed E-state index contributed by atoms with van der Waals surface area (Å²) in [4.78, 5) is 24.2. The first kappa shape index (κ1) is 10.5. The van der Waals surface area contributed by atoms with Crippen LogP contribution in [-0.2, 0) is 4.79 Å². The van der Waals surface area contributed by atoms with Gasteiger partial charge in [-0.05, 0) is 25.7 Å². The smallest absolute Gasteiger partial charge is 0.407 e. The van der Waals surface area contributed by atoms with E-state index in [4.69, 9.17) is 5.11 Å². The van der Waals surface area contributed by atoms with Gasteiger partial charge in [0.15, 0.2) is 0 Å². The molecule has 0 spiro atoms. The van der Waals surface area contributed by atoms with Crippen molar-refractivity contribution in [3.63, 3.8) is 0 Å². The molecule has 2 rings (SSSR count). The minimum absolute atomic E-state index is 0.0988. The number of carbonyl (C=O) groups excluding carboxylic acids is 1. The summed E-state index contributed by atoms with van der Waals surface area (Å²) in [5.74, 6) is 0.417. The van der Waals surface area contributed by atoms with Crippen LogP contribution < -0.4 is 0 Å². The fraction of sp³-hybridized carbons (Fsp3) is 0.818. The number of piperidine rings is 1. The summed E-state index contributed by atoms with van der Waals surface area (Å²) in [5, 5.41) is 9.04. The molecule has 1 unspecified atom stereocenters. The molecule has 2 fully saturated rings. The van der Waals surface area contributed by atoms with Crippen LogP contribution in [-0.4, -0.2) is 34.0 Å². The fourth-order valence-electron chi connectivity index (χ4n) is 3.04. The van der Waals surface area contributed by atoms with Crippen LogP contribution in [0, 0.1) is 5.92 Å². The van der Waals surface area contributed by atoms with Crippen molar-refractivity contribution in [1.29, 1.82) is 0 Å². The van der Waals surface area contributed by atoms with Gasteiger partial charge in [-0.25, -0.2) is 4.79 Å². The average molecular weight is 211 g/mol. The van der Waals surface area contributed by atoms with Crippen LogP contribution in [0.25, 0.3) is 0 Å². The molecular formula is C11H17NO3. The molecule has 0 saturated carbocycles. The van der Waals surface area contributed by atoms with E-state index in [0.29, 0.717) is 12.2 Å². The monoisotopic (exact) mass is 211 g/mol. The van der Waals surface area contributed by atoms with E-state index in [1.807, 2.05) is 6.92 Å². The summed E-state index contributed by atoms with van der Waals surface area (Å²) in [7, 11) is 0. The van der Waals surface area contributed by atoms with Gasteiger partial charge in [0.05, 0.1) is 0 Å². The molecule has 0 aromatic carbocycles. The van der Waals surface area contributed by atoms with E-state index in [1.165, 1.54) is 0 Å². The van der Waals surface area contributed by atoms with Gasteiger partial charge in [-0.3, -0.25) is 4.79 Å². The van der Waals surface area contributed by atoms with Crippen LogP contribution >= 0.6 is 0 Å². The molecular weight excluding hydrogens is 194 g/mol. The molecule has 4 nitrogen and oxygen atoms in total. The normalized spacial score (nSPS) is 34.2. The zero-order chi connectivity index (χ0) is 11.0. The van der Waals surface area contributed by atoms with Crippen molar-refractivity contribution in [3.05, 3.63) is 0 Å². The van der Waals surface area contributed by atoms with Crippen LogP contribution in [0.4, 0.5) is 4.79 Å². The van der Waals surface area contributed by atoms with Crippen molar-refractivity contribution in [2.24, 2.45) is 5.92 Å². The standard InChI is InChI=1S/C11H17NO3/c1-2-10(13)7-5-8-3-4-9(6-7)12(8)11(14)15/h7-9H,2-6H2,1H3,(H,14,15)/t7?,8-,9+. The highest BCUT2D eigenvalue weighted by Gasteiger charge is 2.44. The molecule has 0 aliphatic carbocycles. The third-order valence-electron chi connectivity index (χ3n) is 3.76. The first-order valence-corrected chi connectivity index (χ1v) is 5.67.